The molecule has 3 rings (SSSR count). The van der Waals surface area contributed by atoms with E-state index in [-0.39, 0.29) is 6.04 Å². The summed E-state index contributed by atoms with van der Waals surface area (Å²) in [5, 5.41) is 11.5. The number of fused-ring (bicyclic) bond motifs is 1. The van der Waals surface area contributed by atoms with Crippen LogP contribution in [0.15, 0.2) is 30.9 Å². The van der Waals surface area contributed by atoms with Crippen LogP contribution in [0.2, 0.25) is 10.0 Å². The van der Waals surface area contributed by atoms with Crippen molar-refractivity contribution in [2.24, 2.45) is 0 Å². The largest absolute Gasteiger partial charge is 0.386 e. The van der Waals surface area contributed by atoms with Crippen LogP contribution in [-0.4, -0.2) is 14.7 Å². The Hall–Kier alpha value is -1.03. The quantitative estimate of drug-likeness (QED) is 0.864. The minimum absolute atomic E-state index is 0.0523. The van der Waals surface area contributed by atoms with E-state index in [1.807, 2.05) is 10.8 Å². The number of hydrogen-bond acceptors (Lipinski definition) is 2. The van der Waals surface area contributed by atoms with Crippen molar-refractivity contribution < 1.29 is 5.11 Å². The summed E-state index contributed by atoms with van der Waals surface area (Å²) in [5.41, 5.74) is 1.79. The van der Waals surface area contributed by atoms with E-state index in [1.54, 1.807) is 24.7 Å². The molecule has 0 saturated heterocycles. The third-order valence-electron chi connectivity index (χ3n) is 3.20. The van der Waals surface area contributed by atoms with Gasteiger partial charge in [-0.05, 0) is 29.7 Å². The number of aromatic nitrogens is 2. The molecular formula is C12H10Cl2N2O. The summed E-state index contributed by atoms with van der Waals surface area (Å²) >= 11 is 12.1. The monoisotopic (exact) mass is 268 g/mol. The van der Waals surface area contributed by atoms with Gasteiger partial charge in [-0.15, -0.1) is 0 Å². The minimum Gasteiger partial charge on any atom is -0.386 e. The van der Waals surface area contributed by atoms with E-state index in [9.17, 15) is 5.11 Å². The summed E-state index contributed by atoms with van der Waals surface area (Å²) in [4.78, 5) is 4.00. The van der Waals surface area contributed by atoms with E-state index in [4.69, 9.17) is 23.2 Å². The third-order valence-corrected chi connectivity index (χ3v) is 3.75. The van der Waals surface area contributed by atoms with Crippen molar-refractivity contribution in [1.82, 2.24) is 9.55 Å². The van der Waals surface area contributed by atoms with Crippen molar-refractivity contribution in [3.8, 4) is 0 Å². The Balaban J connectivity index is 2.06. The van der Waals surface area contributed by atoms with E-state index < -0.39 is 6.10 Å². The van der Waals surface area contributed by atoms with Gasteiger partial charge in [0.25, 0.3) is 0 Å². The van der Waals surface area contributed by atoms with Gasteiger partial charge in [0.05, 0.1) is 12.4 Å². The highest BCUT2D eigenvalue weighted by molar-refractivity contribution is 6.35. The zero-order chi connectivity index (χ0) is 12.0. The molecule has 0 bridgehead atoms. The lowest BCUT2D eigenvalue weighted by Crippen LogP contribution is -2.12. The molecule has 1 aromatic carbocycles. The number of imidazole rings is 1. The van der Waals surface area contributed by atoms with Crippen molar-refractivity contribution in [2.75, 3.05) is 0 Å². The number of hydrogen-bond donors (Lipinski definition) is 1. The molecule has 17 heavy (non-hydrogen) atoms. The molecule has 88 valence electrons. The average molecular weight is 269 g/mol. The molecule has 0 amide bonds. The highest BCUT2D eigenvalue weighted by atomic mass is 35.5. The van der Waals surface area contributed by atoms with Crippen LogP contribution in [0.1, 0.15) is 23.3 Å². The van der Waals surface area contributed by atoms with Crippen LogP contribution >= 0.6 is 23.2 Å². The molecule has 1 aromatic heterocycles. The molecule has 0 radical (unpaired) electrons. The smallest absolute Gasteiger partial charge is 0.100 e. The van der Waals surface area contributed by atoms with Crippen LogP contribution in [0, 0.1) is 0 Å². The van der Waals surface area contributed by atoms with E-state index >= 15 is 0 Å². The second-order valence-electron chi connectivity index (χ2n) is 4.18. The number of benzene rings is 1. The molecule has 0 fully saturated rings. The van der Waals surface area contributed by atoms with Gasteiger partial charge < -0.3 is 9.67 Å². The third kappa shape index (κ3) is 1.75. The number of aliphatic hydroxyl groups excluding tert-OH is 1. The van der Waals surface area contributed by atoms with Crippen LogP contribution in [0.25, 0.3) is 0 Å². The van der Waals surface area contributed by atoms with Crippen molar-refractivity contribution in [2.45, 2.75) is 18.6 Å². The van der Waals surface area contributed by atoms with Crippen LogP contribution in [-0.2, 0) is 6.42 Å². The van der Waals surface area contributed by atoms with Gasteiger partial charge in [0.1, 0.15) is 6.10 Å². The Morgan fingerprint density at radius 2 is 2.18 bits per heavy atom. The predicted octanol–water partition coefficient (Wildman–Crippen LogP) is 3.02. The molecule has 0 aliphatic heterocycles. The fourth-order valence-corrected chi connectivity index (χ4v) is 2.95. The number of nitrogens with zero attached hydrogens (tertiary/aromatic N) is 2. The van der Waals surface area contributed by atoms with Crippen molar-refractivity contribution >= 4 is 23.2 Å². The van der Waals surface area contributed by atoms with Gasteiger partial charge in [0, 0.05) is 22.4 Å². The van der Waals surface area contributed by atoms with Gasteiger partial charge in [-0.25, -0.2) is 4.98 Å². The van der Waals surface area contributed by atoms with Gasteiger partial charge in [-0.1, -0.05) is 23.2 Å². The van der Waals surface area contributed by atoms with Crippen molar-refractivity contribution in [1.29, 1.82) is 0 Å². The number of rotatable bonds is 1. The highest BCUT2D eigenvalue weighted by Gasteiger charge is 2.33. The van der Waals surface area contributed by atoms with Gasteiger partial charge in [0.2, 0.25) is 0 Å². The zero-order valence-corrected chi connectivity index (χ0v) is 10.4. The second kappa shape index (κ2) is 4.02. The summed E-state index contributed by atoms with van der Waals surface area (Å²) in [7, 11) is 0. The molecular weight excluding hydrogens is 259 g/mol. The first-order chi connectivity index (χ1) is 8.16. The maximum Gasteiger partial charge on any atom is 0.100 e. The van der Waals surface area contributed by atoms with Gasteiger partial charge in [-0.2, -0.15) is 0 Å². The highest BCUT2D eigenvalue weighted by Crippen LogP contribution is 2.43. The molecule has 1 aliphatic carbocycles. The Morgan fingerprint density at radius 3 is 2.88 bits per heavy atom. The topological polar surface area (TPSA) is 38.0 Å². The first-order valence-electron chi connectivity index (χ1n) is 5.30. The SMILES string of the molecule is OC1c2cc(Cl)cc(Cl)c2C[C@@H]1n1ccnc1. The normalized spacial score (nSPS) is 22.8. The molecule has 1 aliphatic rings. The van der Waals surface area contributed by atoms with Gasteiger partial charge in [0.15, 0.2) is 0 Å². The Morgan fingerprint density at radius 1 is 1.35 bits per heavy atom. The fourth-order valence-electron chi connectivity index (χ4n) is 2.36. The maximum absolute atomic E-state index is 10.3. The first-order valence-corrected chi connectivity index (χ1v) is 6.05. The maximum atomic E-state index is 10.3. The van der Waals surface area contributed by atoms with E-state index in [0.29, 0.717) is 16.5 Å². The van der Waals surface area contributed by atoms with E-state index in [1.165, 1.54) is 0 Å². The molecule has 0 spiro atoms. The number of halogens is 2. The van der Waals surface area contributed by atoms with Crippen molar-refractivity contribution in [3.05, 3.63) is 52.0 Å². The molecule has 2 atom stereocenters. The second-order valence-corrected chi connectivity index (χ2v) is 5.03. The van der Waals surface area contributed by atoms with Crippen LogP contribution in [0.3, 0.4) is 0 Å². The molecule has 0 saturated carbocycles. The van der Waals surface area contributed by atoms with E-state index in [0.717, 1.165) is 11.1 Å². The van der Waals surface area contributed by atoms with Gasteiger partial charge in [-0.3, -0.25) is 0 Å². The lowest BCUT2D eigenvalue weighted by molar-refractivity contribution is 0.127. The Labute approximate surface area is 109 Å². The lowest BCUT2D eigenvalue weighted by Gasteiger charge is -2.16. The minimum atomic E-state index is -0.588. The Kier molecular flexibility index (Phi) is 2.62. The predicted molar refractivity (Wildman–Crippen MR) is 66.4 cm³/mol. The summed E-state index contributed by atoms with van der Waals surface area (Å²) in [6.45, 7) is 0. The van der Waals surface area contributed by atoms with E-state index in [2.05, 4.69) is 4.98 Å². The fraction of sp³-hybridized carbons (Fsp3) is 0.250. The molecule has 3 nitrogen and oxygen atoms in total. The Bertz CT molecular complexity index is 554. The molecule has 1 unspecified atom stereocenters. The van der Waals surface area contributed by atoms with Crippen LogP contribution in [0.4, 0.5) is 0 Å². The summed E-state index contributed by atoms with van der Waals surface area (Å²) < 4.78 is 1.90. The molecule has 5 heteroatoms. The van der Waals surface area contributed by atoms with Crippen LogP contribution < -0.4 is 0 Å². The average Bonchev–Trinajstić information content (AvgIpc) is 2.87. The summed E-state index contributed by atoms with van der Waals surface area (Å²) in [6.07, 6.45) is 5.35. The van der Waals surface area contributed by atoms with Crippen LogP contribution in [0.5, 0.6) is 0 Å². The first kappa shape index (κ1) is 11.1. The lowest BCUT2D eigenvalue weighted by atomic mass is 10.1. The molecule has 1 heterocycles. The summed E-state index contributed by atoms with van der Waals surface area (Å²) in [5.74, 6) is 0. The summed E-state index contributed by atoms with van der Waals surface area (Å²) in [6, 6.07) is 3.44. The molecule has 1 N–H and O–H groups in total. The number of aliphatic hydroxyl groups is 1. The zero-order valence-electron chi connectivity index (χ0n) is 8.85. The standard InChI is InChI=1S/C12H10Cl2N2O/c13-7-3-9-8(10(14)4-7)5-11(12(9)17)16-2-1-15-6-16/h1-4,6,11-12,17H,5H2/t11-,12?/m0/s1. The van der Waals surface area contributed by atoms with Gasteiger partial charge >= 0.3 is 0 Å². The molecule has 2 aromatic rings. The van der Waals surface area contributed by atoms with Crippen molar-refractivity contribution in [3.63, 3.8) is 0 Å².